The lowest BCUT2D eigenvalue weighted by molar-refractivity contribution is -0.176. The molecular weight excluding hydrogens is 466 g/mol. The van der Waals surface area contributed by atoms with Crippen LogP contribution in [-0.2, 0) is 19.6 Å². The number of carbonyl (C=O) groups excluding carboxylic acids is 1. The minimum atomic E-state index is -4.06. The van der Waals surface area contributed by atoms with Gasteiger partial charge in [0.2, 0.25) is 5.91 Å². The van der Waals surface area contributed by atoms with Crippen molar-refractivity contribution in [2.45, 2.75) is 97.2 Å². The monoisotopic (exact) mass is 513 g/mol. The van der Waals surface area contributed by atoms with E-state index in [4.69, 9.17) is 9.29 Å². The van der Waals surface area contributed by atoms with Gasteiger partial charge < -0.3 is 15.2 Å². The van der Waals surface area contributed by atoms with Crippen LogP contribution in [0.4, 0.5) is 0 Å². The van der Waals surface area contributed by atoms with Gasteiger partial charge in [0.15, 0.2) is 0 Å². The van der Waals surface area contributed by atoms with Crippen LogP contribution in [0.15, 0.2) is 0 Å². The summed E-state index contributed by atoms with van der Waals surface area (Å²) in [6.07, 6.45) is 10.3. The van der Waals surface area contributed by atoms with Crippen LogP contribution >= 0.6 is 0 Å². The van der Waals surface area contributed by atoms with Crippen LogP contribution in [0.2, 0.25) is 0 Å². The molecule has 0 aromatic carbocycles. The minimum absolute atomic E-state index is 0.0545. The van der Waals surface area contributed by atoms with Crippen molar-refractivity contribution in [3.63, 3.8) is 0 Å². The number of hydrogen-bond acceptors (Lipinski definition) is 5. The van der Waals surface area contributed by atoms with Gasteiger partial charge in [-0.15, -0.1) is 0 Å². The van der Waals surface area contributed by atoms with Crippen molar-refractivity contribution in [2.75, 3.05) is 19.4 Å². The van der Waals surface area contributed by atoms with E-state index in [2.05, 4.69) is 26.1 Å². The minimum Gasteiger partial charge on any atom is -0.393 e. The Morgan fingerprint density at radius 2 is 1.77 bits per heavy atom. The lowest BCUT2D eigenvalue weighted by atomic mass is 9.43. The molecule has 4 fully saturated rings. The first-order valence-electron chi connectivity index (χ1n) is 13.8. The first-order chi connectivity index (χ1) is 16.4. The van der Waals surface area contributed by atoms with Gasteiger partial charge in [-0.3, -0.25) is 9.35 Å². The molecule has 4 aliphatic rings. The zero-order valence-corrected chi connectivity index (χ0v) is 22.9. The van der Waals surface area contributed by atoms with Crippen LogP contribution in [0.5, 0.6) is 0 Å². The number of ether oxygens (including phenoxy) is 1. The fraction of sp³-hybridized carbons (Fsp3) is 0.963. The average Bonchev–Trinajstić information content (AvgIpc) is 3.14. The van der Waals surface area contributed by atoms with Crippen molar-refractivity contribution in [3.8, 4) is 0 Å². The molecule has 7 nitrogen and oxygen atoms in total. The van der Waals surface area contributed by atoms with E-state index in [0.717, 1.165) is 32.1 Å². The molecule has 0 bridgehead atoms. The summed E-state index contributed by atoms with van der Waals surface area (Å²) in [5.41, 5.74) is 0.514. The van der Waals surface area contributed by atoms with Crippen molar-refractivity contribution in [2.24, 2.45) is 46.3 Å². The quantitative estimate of drug-likeness (QED) is 0.422. The van der Waals surface area contributed by atoms with E-state index in [-0.39, 0.29) is 24.0 Å². The summed E-state index contributed by atoms with van der Waals surface area (Å²) in [5.74, 6) is 2.41. The van der Waals surface area contributed by atoms with Crippen molar-refractivity contribution in [1.82, 2.24) is 5.32 Å². The molecule has 8 heteroatoms. The Balaban J connectivity index is 1.39. The molecule has 0 saturated heterocycles. The van der Waals surface area contributed by atoms with Gasteiger partial charge in [0.05, 0.1) is 18.0 Å². The molecule has 0 aromatic heterocycles. The predicted molar refractivity (Wildman–Crippen MR) is 135 cm³/mol. The number of aliphatic hydroxyl groups excluding tert-OH is 1. The molecule has 3 N–H and O–H groups in total. The molecule has 4 rings (SSSR count). The molecule has 4 aliphatic carbocycles. The second-order valence-corrected chi connectivity index (χ2v) is 14.4. The molecule has 35 heavy (non-hydrogen) atoms. The molecule has 0 radical (unpaired) electrons. The Morgan fingerprint density at radius 1 is 1.09 bits per heavy atom. The van der Waals surface area contributed by atoms with Crippen LogP contribution in [0.3, 0.4) is 0 Å². The van der Waals surface area contributed by atoms with E-state index < -0.39 is 15.9 Å². The third-order valence-electron chi connectivity index (χ3n) is 11.2. The van der Waals surface area contributed by atoms with Crippen LogP contribution in [0, 0.1) is 46.3 Å². The number of amides is 1. The number of nitrogens with one attached hydrogen (secondary N) is 1. The third kappa shape index (κ3) is 5.32. The SMILES string of the molecule is COC1CCC2(C)C(C1)CC(O)C1C2CCC2(C)C(C(C)CCC(=O)NCCS(=O)(=O)O)CCC12. The summed E-state index contributed by atoms with van der Waals surface area (Å²) < 4.78 is 36.2. The number of hydrogen-bond donors (Lipinski definition) is 3. The van der Waals surface area contributed by atoms with E-state index >= 15 is 0 Å². The van der Waals surface area contributed by atoms with Crippen molar-refractivity contribution in [1.29, 1.82) is 0 Å². The maximum atomic E-state index is 12.2. The standard InChI is InChI=1S/C27H47NO6S/c1-17(5-8-24(30)28-13-14-35(31,32)33)20-6-7-21-25-22(10-12-27(20,21)3)26(2)11-9-19(34-4)15-18(26)16-23(25)29/h17-23,25,29H,5-16H2,1-4H3,(H,28,30)(H,31,32,33). The van der Waals surface area contributed by atoms with Gasteiger partial charge in [-0.1, -0.05) is 20.8 Å². The van der Waals surface area contributed by atoms with Gasteiger partial charge >= 0.3 is 0 Å². The summed E-state index contributed by atoms with van der Waals surface area (Å²) in [6, 6.07) is 0. The summed E-state index contributed by atoms with van der Waals surface area (Å²) in [7, 11) is -2.23. The predicted octanol–water partition coefficient (Wildman–Crippen LogP) is 4.05. The smallest absolute Gasteiger partial charge is 0.266 e. The molecule has 202 valence electrons. The van der Waals surface area contributed by atoms with Gasteiger partial charge in [-0.05, 0) is 104 Å². The van der Waals surface area contributed by atoms with E-state index in [1.54, 1.807) is 0 Å². The molecule has 0 aromatic rings. The highest BCUT2D eigenvalue weighted by atomic mass is 32.2. The molecule has 0 heterocycles. The Kier molecular flexibility index (Phi) is 7.98. The summed E-state index contributed by atoms with van der Waals surface area (Å²) >= 11 is 0. The van der Waals surface area contributed by atoms with Gasteiger partial charge in [-0.2, -0.15) is 8.42 Å². The topological polar surface area (TPSA) is 113 Å². The average molecular weight is 514 g/mol. The van der Waals surface area contributed by atoms with Crippen LogP contribution < -0.4 is 5.32 Å². The molecule has 0 spiro atoms. The maximum absolute atomic E-state index is 12.2. The van der Waals surface area contributed by atoms with E-state index in [0.29, 0.717) is 53.4 Å². The summed E-state index contributed by atoms with van der Waals surface area (Å²) in [4.78, 5) is 12.2. The third-order valence-corrected chi connectivity index (χ3v) is 12.0. The fourth-order valence-electron chi connectivity index (χ4n) is 9.34. The summed E-state index contributed by atoms with van der Waals surface area (Å²) in [5, 5.41) is 14.1. The first-order valence-corrected chi connectivity index (χ1v) is 15.4. The highest BCUT2D eigenvalue weighted by Gasteiger charge is 2.62. The zero-order valence-electron chi connectivity index (χ0n) is 22.0. The molecule has 0 aliphatic heterocycles. The lowest BCUT2D eigenvalue weighted by Crippen LogP contribution is -2.58. The second-order valence-electron chi connectivity index (χ2n) is 12.8. The molecule has 4 saturated carbocycles. The normalized spacial score (nSPS) is 44.1. The maximum Gasteiger partial charge on any atom is 0.266 e. The number of rotatable bonds is 8. The fourth-order valence-corrected chi connectivity index (χ4v) is 9.70. The molecule has 10 unspecified atom stereocenters. The first kappa shape index (κ1) is 27.3. The van der Waals surface area contributed by atoms with Crippen LogP contribution in [0.25, 0.3) is 0 Å². The van der Waals surface area contributed by atoms with Gasteiger partial charge in [-0.25, -0.2) is 0 Å². The van der Waals surface area contributed by atoms with Crippen LogP contribution in [-0.4, -0.2) is 55.6 Å². The lowest BCUT2D eigenvalue weighted by Gasteiger charge is -2.62. The number of fused-ring (bicyclic) bond motifs is 5. The van der Waals surface area contributed by atoms with E-state index in [1.807, 2.05) is 7.11 Å². The Morgan fingerprint density at radius 3 is 2.46 bits per heavy atom. The Bertz CT molecular complexity index is 879. The van der Waals surface area contributed by atoms with Crippen molar-refractivity contribution < 1.29 is 27.6 Å². The number of carbonyl (C=O) groups is 1. The number of methoxy groups -OCH3 is 1. The Hall–Kier alpha value is -0.700. The highest BCUT2D eigenvalue weighted by molar-refractivity contribution is 7.85. The van der Waals surface area contributed by atoms with Gasteiger partial charge in [0.1, 0.15) is 0 Å². The highest BCUT2D eigenvalue weighted by Crippen LogP contribution is 2.68. The van der Waals surface area contributed by atoms with Crippen molar-refractivity contribution >= 4 is 16.0 Å². The molecule has 10 atom stereocenters. The molecule has 1 amide bonds. The van der Waals surface area contributed by atoms with E-state index in [1.165, 1.54) is 25.7 Å². The summed E-state index contributed by atoms with van der Waals surface area (Å²) in [6.45, 7) is 7.17. The second kappa shape index (κ2) is 10.2. The van der Waals surface area contributed by atoms with Gasteiger partial charge in [0, 0.05) is 20.1 Å². The Labute approximate surface area is 211 Å². The molecular formula is C27H47NO6S. The van der Waals surface area contributed by atoms with Crippen molar-refractivity contribution in [3.05, 3.63) is 0 Å². The van der Waals surface area contributed by atoms with E-state index in [9.17, 15) is 18.3 Å². The zero-order chi connectivity index (χ0) is 25.6. The van der Waals surface area contributed by atoms with Gasteiger partial charge in [0.25, 0.3) is 10.1 Å². The van der Waals surface area contributed by atoms with Crippen LogP contribution in [0.1, 0.15) is 85.0 Å². The largest absolute Gasteiger partial charge is 0.393 e. The number of aliphatic hydroxyl groups is 1.